The van der Waals surface area contributed by atoms with Gasteiger partial charge in [-0.2, -0.15) is 4.31 Å². The molecule has 1 fully saturated rings. The number of aromatic amines is 1. The Morgan fingerprint density at radius 2 is 1.75 bits per heavy atom. The molecule has 0 spiro atoms. The van der Waals surface area contributed by atoms with Crippen LogP contribution in [0.2, 0.25) is 0 Å². The minimum atomic E-state index is -3.46. The van der Waals surface area contributed by atoms with Crippen LogP contribution in [-0.2, 0) is 10.0 Å². The number of imidazole rings is 1. The van der Waals surface area contributed by atoms with Crippen LogP contribution < -0.4 is 5.32 Å². The minimum Gasteiger partial charge on any atom is -0.338 e. The Bertz CT molecular complexity index is 961. The molecule has 0 atom stereocenters. The van der Waals surface area contributed by atoms with Crippen molar-refractivity contribution in [1.29, 1.82) is 0 Å². The van der Waals surface area contributed by atoms with Crippen molar-refractivity contribution in [1.82, 2.24) is 19.6 Å². The Morgan fingerprint density at radius 3 is 2.50 bits per heavy atom. The Kier molecular flexibility index (Phi) is 3.84. The normalized spacial score (nSPS) is 16.5. The lowest BCUT2D eigenvalue weighted by Crippen LogP contribution is -2.46. The number of nitrogens with one attached hydrogen (secondary N) is 2. The molecule has 1 aromatic heterocycles. The summed E-state index contributed by atoms with van der Waals surface area (Å²) in [5.41, 5.74) is 2.46. The Morgan fingerprint density at radius 1 is 1.00 bits per heavy atom. The molecule has 2 heterocycles. The first kappa shape index (κ1) is 15.3. The fraction of sp³-hybridized carbons (Fsp3) is 0.235. The SMILES string of the molecule is O=S(=O)(c1ccc2nc(-c3ccccc3)[nH]c2c1)N1CCNCC1. The fourth-order valence-corrected chi connectivity index (χ4v) is 4.38. The van der Waals surface area contributed by atoms with Crippen LogP contribution in [0.5, 0.6) is 0 Å². The van der Waals surface area contributed by atoms with Crippen LogP contribution in [0.15, 0.2) is 53.4 Å². The number of nitrogens with zero attached hydrogens (tertiary/aromatic N) is 2. The zero-order valence-electron chi connectivity index (χ0n) is 13.1. The summed E-state index contributed by atoms with van der Waals surface area (Å²) in [4.78, 5) is 8.07. The van der Waals surface area contributed by atoms with Gasteiger partial charge in [0.25, 0.3) is 0 Å². The second-order valence-corrected chi connectivity index (χ2v) is 7.72. The highest BCUT2D eigenvalue weighted by Gasteiger charge is 2.26. The molecule has 0 amide bonds. The topological polar surface area (TPSA) is 78.1 Å². The number of H-pyrrole nitrogens is 1. The molecular formula is C17H18N4O2S. The van der Waals surface area contributed by atoms with Gasteiger partial charge in [0.1, 0.15) is 5.82 Å². The summed E-state index contributed by atoms with van der Waals surface area (Å²) >= 11 is 0. The monoisotopic (exact) mass is 342 g/mol. The van der Waals surface area contributed by atoms with Crippen molar-refractivity contribution in [2.24, 2.45) is 0 Å². The van der Waals surface area contributed by atoms with Gasteiger partial charge in [-0.25, -0.2) is 13.4 Å². The molecule has 24 heavy (non-hydrogen) atoms. The lowest BCUT2D eigenvalue weighted by molar-refractivity contribution is 0.360. The molecule has 2 N–H and O–H groups in total. The van der Waals surface area contributed by atoms with Crippen LogP contribution in [0.4, 0.5) is 0 Å². The van der Waals surface area contributed by atoms with Crippen molar-refractivity contribution >= 4 is 21.1 Å². The third-order valence-corrected chi connectivity index (χ3v) is 6.11. The molecule has 1 aliphatic rings. The molecule has 3 aromatic rings. The van der Waals surface area contributed by atoms with E-state index in [9.17, 15) is 8.42 Å². The molecule has 2 aromatic carbocycles. The van der Waals surface area contributed by atoms with E-state index in [-0.39, 0.29) is 0 Å². The first-order valence-electron chi connectivity index (χ1n) is 7.91. The average molecular weight is 342 g/mol. The Labute approximate surface area is 140 Å². The van der Waals surface area contributed by atoms with Gasteiger partial charge in [-0.05, 0) is 18.2 Å². The molecular weight excluding hydrogens is 324 g/mol. The third-order valence-electron chi connectivity index (χ3n) is 4.21. The molecule has 0 saturated carbocycles. The number of aromatic nitrogens is 2. The number of hydrogen-bond acceptors (Lipinski definition) is 4. The van der Waals surface area contributed by atoms with Crippen molar-refractivity contribution < 1.29 is 8.42 Å². The molecule has 1 aliphatic heterocycles. The maximum absolute atomic E-state index is 12.8. The van der Waals surface area contributed by atoms with Gasteiger partial charge in [-0.15, -0.1) is 0 Å². The summed E-state index contributed by atoms with van der Waals surface area (Å²) in [6.45, 7) is 2.37. The van der Waals surface area contributed by atoms with Crippen LogP contribution in [0.3, 0.4) is 0 Å². The molecule has 6 nitrogen and oxygen atoms in total. The van der Waals surface area contributed by atoms with E-state index in [4.69, 9.17) is 0 Å². The van der Waals surface area contributed by atoms with E-state index in [1.54, 1.807) is 18.2 Å². The van der Waals surface area contributed by atoms with Crippen LogP contribution in [0.1, 0.15) is 0 Å². The van der Waals surface area contributed by atoms with Crippen molar-refractivity contribution in [2.75, 3.05) is 26.2 Å². The number of hydrogen-bond donors (Lipinski definition) is 2. The van der Waals surface area contributed by atoms with Crippen LogP contribution >= 0.6 is 0 Å². The van der Waals surface area contributed by atoms with Crippen molar-refractivity contribution in [3.8, 4) is 11.4 Å². The molecule has 0 aliphatic carbocycles. The van der Waals surface area contributed by atoms with Gasteiger partial charge >= 0.3 is 0 Å². The first-order chi connectivity index (χ1) is 11.6. The average Bonchev–Trinajstić information content (AvgIpc) is 3.06. The predicted octanol–water partition coefficient (Wildman–Crippen LogP) is 1.82. The second-order valence-electron chi connectivity index (χ2n) is 5.78. The minimum absolute atomic E-state index is 0.306. The lowest BCUT2D eigenvalue weighted by atomic mass is 10.2. The largest absolute Gasteiger partial charge is 0.338 e. The van der Waals surface area contributed by atoms with E-state index in [0.717, 1.165) is 22.4 Å². The van der Waals surface area contributed by atoms with Gasteiger partial charge in [0.2, 0.25) is 10.0 Å². The van der Waals surface area contributed by atoms with Gasteiger partial charge in [0.15, 0.2) is 0 Å². The van der Waals surface area contributed by atoms with E-state index < -0.39 is 10.0 Å². The predicted molar refractivity (Wildman–Crippen MR) is 93.2 cm³/mol. The summed E-state index contributed by atoms with van der Waals surface area (Å²) in [6.07, 6.45) is 0. The molecule has 1 saturated heterocycles. The van der Waals surface area contributed by atoms with Gasteiger partial charge < -0.3 is 10.3 Å². The highest BCUT2D eigenvalue weighted by atomic mass is 32.2. The zero-order chi connectivity index (χ0) is 16.6. The lowest BCUT2D eigenvalue weighted by Gasteiger charge is -2.26. The summed E-state index contributed by atoms with van der Waals surface area (Å²) in [5.74, 6) is 0.738. The maximum Gasteiger partial charge on any atom is 0.243 e. The standard InChI is InChI=1S/C17H18N4O2S/c22-24(23,21-10-8-18-9-11-21)14-6-7-15-16(12-14)20-17(19-15)13-4-2-1-3-5-13/h1-7,12,18H,8-11H2,(H,19,20). The summed E-state index contributed by atoms with van der Waals surface area (Å²) in [6, 6.07) is 14.8. The van der Waals surface area contributed by atoms with E-state index >= 15 is 0 Å². The second kappa shape index (κ2) is 6.01. The van der Waals surface area contributed by atoms with Crippen LogP contribution in [0.25, 0.3) is 22.4 Å². The molecule has 124 valence electrons. The van der Waals surface area contributed by atoms with Gasteiger partial charge in [0, 0.05) is 31.7 Å². The van der Waals surface area contributed by atoms with Gasteiger partial charge in [0.05, 0.1) is 15.9 Å². The quantitative estimate of drug-likeness (QED) is 0.761. The van der Waals surface area contributed by atoms with Crippen molar-refractivity contribution in [2.45, 2.75) is 4.90 Å². The summed E-state index contributed by atoms with van der Waals surface area (Å²) in [5, 5.41) is 3.17. The Balaban J connectivity index is 1.73. The van der Waals surface area contributed by atoms with Gasteiger partial charge in [-0.1, -0.05) is 30.3 Å². The highest BCUT2D eigenvalue weighted by Crippen LogP contribution is 2.24. The fourth-order valence-electron chi connectivity index (χ4n) is 2.92. The molecule has 0 bridgehead atoms. The number of sulfonamides is 1. The number of rotatable bonds is 3. The van der Waals surface area contributed by atoms with E-state index in [2.05, 4.69) is 15.3 Å². The summed E-state index contributed by atoms with van der Waals surface area (Å²) < 4.78 is 27.1. The third kappa shape index (κ3) is 2.71. The molecule has 0 unspecified atom stereocenters. The van der Waals surface area contributed by atoms with Gasteiger partial charge in [-0.3, -0.25) is 0 Å². The highest BCUT2D eigenvalue weighted by molar-refractivity contribution is 7.89. The Hall–Kier alpha value is -2.22. The van der Waals surface area contributed by atoms with Crippen molar-refractivity contribution in [3.05, 3.63) is 48.5 Å². The smallest absolute Gasteiger partial charge is 0.243 e. The number of benzene rings is 2. The first-order valence-corrected chi connectivity index (χ1v) is 9.35. The van der Waals surface area contributed by atoms with E-state index in [0.29, 0.717) is 31.1 Å². The maximum atomic E-state index is 12.8. The van der Waals surface area contributed by atoms with Crippen LogP contribution in [-0.4, -0.2) is 48.9 Å². The van der Waals surface area contributed by atoms with E-state index in [1.165, 1.54) is 4.31 Å². The number of piperazine rings is 1. The summed E-state index contributed by atoms with van der Waals surface area (Å²) in [7, 11) is -3.46. The molecule has 7 heteroatoms. The molecule has 0 radical (unpaired) electrons. The van der Waals surface area contributed by atoms with E-state index in [1.807, 2.05) is 30.3 Å². The van der Waals surface area contributed by atoms with Crippen LogP contribution in [0, 0.1) is 0 Å². The molecule has 4 rings (SSSR count). The zero-order valence-corrected chi connectivity index (χ0v) is 13.9. The van der Waals surface area contributed by atoms with Crippen molar-refractivity contribution in [3.63, 3.8) is 0 Å². The number of fused-ring (bicyclic) bond motifs is 1.